The number of halogens is 1. The van der Waals surface area contributed by atoms with Crippen molar-refractivity contribution < 1.29 is 47.6 Å². The van der Waals surface area contributed by atoms with E-state index in [-0.39, 0.29) is 24.4 Å². The van der Waals surface area contributed by atoms with Gasteiger partial charge in [0.15, 0.2) is 6.10 Å². The van der Waals surface area contributed by atoms with E-state index in [0.29, 0.717) is 112 Å². The Morgan fingerprint density at radius 3 is 2.34 bits per heavy atom. The average Bonchev–Trinajstić information content (AvgIpc) is 4.14. The summed E-state index contributed by atoms with van der Waals surface area (Å²) in [4.78, 5) is 70.1. The van der Waals surface area contributed by atoms with E-state index in [1.807, 2.05) is 54.1 Å². The Balaban J connectivity index is 1.12. The molecule has 16 heteroatoms. The maximum Gasteiger partial charge on any atom is 0.344 e. The van der Waals surface area contributed by atoms with E-state index in [1.54, 1.807) is 13.2 Å². The van der Waals surface area contributed by atoms with Crippen LogP contribution in [0.2, 0.25) is 0 Å². The zero-order chi connectivity index (χ0) is 50.0. The van der Waals surface area contributed by atoms with Gasteiger partial charge in [0.05, 0.1) is 32.9 Å². The lowest BCUT2D eigenvalue weighted by molar-refractivity contribution is -0.228. The van der Waals surface area contributed by atoms with Gasteiger partial charge in [-0.05, 0) is 97.5 Å². The summed E-state index contributed by atoms with van der Waals surface area (Å²) in [6, 6.07) is 15.2. The van der Waals surface area contributed by atoms with Crippen LogP contribution in [0.1, 0.15) is 86.4 Å². The number of carbonyl (C=O) groups is 4. The second-order valence-electron chi connectivity index (χ2n) is 21.5. The summed E-state index contributed by atoms with van der Waals surface area (Å²) in [5.74, 6) is -2.31. The highest BCUT2D eigenvalue weighted by Gasteiger charge is 2.80. The van der Waals surface area contributed by atoms with Crippen LogP contribution >= 0.6 is 0 Å². The van der Waals surface area contributed by atoms with Gasteiger partial charge in [-0.25, -0.2) is 14.0 Å². The number of carbonyl (C=O) groups excluding carboxylic acids is 4. The average molecular weight is 973 g/mol. The van der Waals surface area contributed by atoms with Crippen LogP contribution in [0.3, 0.4) is 0 Å². The zero-order valence-corrected chi connectivity index (χ0v) is 41.7. The number of piperidine rings is 1. The van der Waals surface area contributed by atoms with Gasteiger partial charge in [-0.15, -0.1) is 0 Å². The lowest BCUT2D eigenvalue weighted by Crippen LogP contribution is -2.81. The zero-order valence-electron chi connectivity index (χ0n) is 41.7. The molecule has 6 aliphatic heterocycles. The van der Waals surface area contributed by atoms with Crippen molar-refractivity contribution in [1.29, 1.82) is 0 Å². The first-order valence-corrected chi connectivity index (χ1v) is 25.2. The number of hydrogen-bond donors (Lipinski definition) is 3. The first kappa shape index (κ1) is 47.4. The van der Waals surface area contributed by atoms with Crippen LogP contribution < -0.4 is 15.0 Å². The highest BCUT2D eigenvalue weighted by Crippen LogP contribution is 2.68. The number of H-pyrrole nitrogens is 1. The predicted molar refractivity (Wildman–Crippen MR) is 262 cm³/mol. The van der Waals surface area contributed by atoms with Gasteiger partial charge in [-0.1, -0.05) is 50.3 Å². The number of fused-ring (bicyclic) bond motifs is 7. The van der Waals surface area contributed by atoms with E-state index in [4.69, 9.17) is 18.9 Å². The Morgan fingerprint density at radius 1 is 0.915 bits per heavy atom. The third-order valence-corrected chi connectivity index (χ3v) is 18.2. The summed E-state index contributed by atoms with van der Waals surface area (Å²) in [5, 5.41) is 17.7. The fourth-order valence-electron chi connectivity index (χ4n) is 15.5. The van der Waals surface area contributed by atoms with Crippen molar-refractivity contribution in [3.63, 3.8) is 0 Å². The molecule has 2 saturated heterocycles. The molecule has 3 aromatic carbocycles. The van der Waals surface area contributed by atoms with Crippen LogP contribution in [-0.4, -0.2) is 139 Å². The van der Waals surface area contributed by atoms with Crippen LogP contribution in [0.15, 0.2) is 66.7 Å². The third kappa shape index (κ3) is 6.54. The molecule has 3 fully saturated rings. The third-order valence-electron chi connectivity index (χ3n) is 18.2. The van der Waals surface area contributed by atoms with Crippen molar-refractivity contribution in [2.24, 2.45) is 11.3 Å². The first-order chi connectivity index (χ1) is 34.1. The van der Waals surface area contributed by atoms with Gasteiger partial charge in [-0.2, -0.15) is 0 Å². The van der Waals surface area contributed by atoms with Crippen molar-refractivity contribution >= 4 is 40.5 Å². The molecule has 4 aromatic rings. The van der Waals surface area contributed by atoms with Crippen molar-refractivity contribution in [2.75, 3.05) is 66.0 Å². The molecule has 10 atom stereocenters. The van der Waals surface area contributed by atoms with Gasteiger partial charge in [0, 0.05) is 104 Å². The number of aromatic nitrogens is 1. The minimum Gasteiger partial charge on any atom is -0.496 e. The van der Waals surface area contributed by atoms with E-state index >= 15 is 9.18 Å². The summed E-state index contributed by atoms with van der Waals surface area (Å²) < 4.78 is 39.7. The molecule has 1 spiro atoms. The summed E-state index contributed by atoms with van der Waals surface area (Å²) in [6.45, 7) is 9.43. The van der Waals surface area contributed by atoms with E-state index in [0.717, 1.165) is 22.3 Å². The quantitative estimate of drug-likeness (QED) is 0.110. The molecular formula is C55H65FN6O9. The van der Waals surface area contributed by atoms with Gasteiger partial charge in [0.25, 0.3) is 0 Å². The van der Waals surface area contributed by atoms with Crippen LogP contribution in [-0.2, 0) is 58.9 Å². The van der Waals surface area contributed by atoms with Gasteiger partial charge >= 0.3 is 23.9 Å². The number of rotatable bonds is 8. The number of esters is 3. The molecule has 3 N–H and O–H groups in total. The molecule has 7 heterocycles. The molecule has 0 radical (unpaired) electrons. The van der Waals surface area contributed by atoms with Crippen LogP contribution in [0.5, 0.6) is 5.75 Å². The molecule has 1 aromatic heterocycles. The fourth-order valence-corrected chi connectivity index (χ4v) is 15.5. The molecule has 11 rings (SSSR count). The first-order valence-electron chi connectivity index (χ1n) is 25.2. The van der Waals surface area contributed by atoms with Crippen molar-refractivity contribution in [3.05, 3.63) is 106 Å². The molecule has 7 aliphatic rings. The minimum atomic E-state index is -2.37. The maximum absolute atomic E-state index is 15.8. The standard InChI is InChI=1S/C55H65FN6O9/c1-8-51(58-50(66)62-29-34-13-10-11-14-35(34)30-62)26-33-27-54(48(64)69-6,44-37(17-21-60(28-33)31-51)38-23-36(56)15-16-41(38)57-44)40-24-39-42(25-43(40)68-5)59(4)46-53(39)19-22-61-20-12-18-52(9-2,45(53)61)47(71-32(3)63)55(46,67)49(65)70-7/h10-16,18,23-25,33,45-47,57,67H,8-9,17,19-22,26-31H2,1-7H3,(H,58,66)/t33-,45+,46-,47-,51+,52-,53-,54+,55+/m1/s1. The Morgan fingerprint density at radius 2 is 1.66 bits per heavy atom. The van der Waals surface area contributed by atoms with Gasteiger partial charge in [-0.3, -0.25) is 14.5 Å². The highest BCUT2D eigenvalue weighted by molar-refractivity contribution is 5.95. The Labute approximate surface area is 413 Å². The van der Waals surface area contributed by atoms with E-state index < -0.39 is 63.3 Å². The van der Waals surface area contributed by atoms with E-state index in [2.05, 4.69) is 45.2 Å². The molecule has 376 valence electrons. The van der Waals surface area contributed by atoms with E-state index in [9.17, 15) is 19.5 Å². The van der Waals surface area contributed by atoms with Crippen LogP contribution in [0, 0.1) is 17.2 Å². The molecule has 1 aliphatic carbocycles. The van der Waals surface area contributed by atoms with Crippen molar-refractivity contribution in [1.82, 2.24) is 25.0 Å². The lowest BCUT2D eigenvalue weighted by atomic mass is 9.47. The number of aliphatic hydroxyl groups is 1. The molecular weight excluding hydrogens is 908 g/mol. The number of nitrogens with one attached hydrogen (secondary N) is 2. The second kappa shape index (κ2) is 16.8. The summed E-state index contributed by atoms with van der Waals surface area (Å²) in [6.07, 6.45) is 5.55. The normalized spacial score (nSPS) is 33.4. The highest BCUT2D eigenvalue weighted by atomic mass is 19.1. The van der Waals surface area contributed by atoms with Gasteiger partial charge in [0.1, 0.15) is 17.0 Å². The molecule has 15 nitrogen and oxygen atoms in total. The topological polar surface area (TPSA) is 166 Å². The van der Waals surface area contributed by atoms with Crippen LogP contribution in [0.4, 0.5) is 14.9 Å². The number of aromatic amines is 1. The number of ether oxygens (including phenoxy) is 4. The summed E-state index contributed by atoms with van der Waals surface area (Å²) in [5.41, 5.74) is -0.353. The number of likely N-dealkylation sites (N-methyl/N-ethyl adjacent to an activating group) is 1. The summed E-state index contributed by atoms with van der Waals surface area (Å²) >= 11 is 0. The number of amides is 2. The Hall–Kier alpha value is -5.97. The molecule has 1 unspecified atom stereocenters. The Kier molecular flexibility index (Phi) is 11.2. The smallest absolute Gasteiger partial charge is 0.344 e. The number of hydrogen-bond acceptors (Lipinski definition) is 12. The number of methoxy groups -OCH3 is 3. The number of benzene rings is 3. The molecule has 1 saturated carbocycles. The van der Waals surface area contributed by atoms with Crippen molar-refractivity contribution in [2.45, 2.75) is 113 Å². The van der Waals surface area contributed by atoms with Gasteiger partial charge in [0.2, 0.25) is 5.60 Å². The maximum atomic E-state index is 15.8. The molecule has 2 amide bonds. The number of urea groups is 1. The van der Waals surface area contributed by atoms with Gasteiger partial charge < -0.3 is 49.1 Å². The number of anilines is 1. The Bertz CT molecular complexity index is 2880. The molecule has 71 heavy (non-hydrogen) atoms. The SMILES string of the molecule is CC[C@]1(NC(=O)N2Cc3ccccc3C2)C[C@H]2CN(CCc3c([nH]c4ccc(F)cc34)[C@@](C(=O)OC)(c3cc4c(cc3OC)N(C)[C@H]3[C@@](O)(C(=O)OC)[C@H](OC(C)=O)[C@]5(CC)C=CCN6CC[C@]43[C@@H]65)C2)C1. The second-order valence-corrected chi connectivity index (χ2v) is 21.5. The monoisotopic (exact) mass is 972 g/mol. The largest absolute Gasteiger partial charge is 0.496 e. The predicted octanol–water partition coefficient (Wildman–Crippen LogP) is 5.86. The fraction of sp³-hybridized carbons (Fsp3) is 0.527. The summed E-state index contributed by atoms with van der Waals surface area (Å²) in [7, 11) is 6.04. The number of nitrogens with zero attached hydrogens (tertiary/aromatic N) is 4. The van der Waals surface area contributed by atoms with Crippen molar-refractivity contribution in [3.8, 4) is 5.75 Å². The molecule has 2 bridgehead atoms. The lowest BCUT2D eigenvalue weighted by Gasteiger charge is -2.63. The van der Waals surface area contributed by atoms with E-state index in [1.165, 1.54) is 33.3 Å². The minimum absolute atomic E-state index is 0.135. The van der Waals surface area contributed by atoms with Crippen LogP contribution in [0.25, 0.3) is 10.9 Å².